The number of nitrogens with zero attached hydrogens (tertiary/aromatic N) is 2. The van der Waals surface area contributed by atoms with Gasteiger partial charge >= 0.3 is 0 Å². The van der Waals surface area contributed by atoms with Crippen LogP contribution < -0.4 is 4.74 Å². The monoisotopic (exact) mass is 418 g/mol. The van der Waals surface area contributed by atoms with Gasteiger partial charge in [0.1, 0.15) is 23.3 Å². The van der Waals surface area contributed by atoms with Gasteiger partial charge in [0.2, 0.25) is 0 Å². The summed E-state index contributed by atoms with van der Waals surface area (Å²) < 4.78 is 10.6. The van der Waals surface area contributed by atoms with E-state index in [4.69, 9.17) is 20.8 Å². The number of carbonyl (C=O) groups excluding carboxylic acids is 2. The Labute approximate surface area is 174 Å². The number of ketones is 1. The number of aliphatic hydroxyl groups excluding tert-OH is 1. The molecule has 1 aromatic carbocycles. The highest BCUT2D eigenvalue weighted by atomic mass is 35.5. The highest BCUT2D eigenvalue weighted by Crippen LogP contribution is 2.40. The second-order valence-corrected chi connectivity index (χ2v) is 7.42. The third-order valence-corrected chi connectivity index (χ3v) is 5.08. The summed E-state index contributed by atoms with van der Waals surface area (Å²) in [5, 5.41) is 11.2. The number of rotatable bonds is 7. The zero-order valence-electron chi connectivity index (χ0n) is 16.5. The van der Waals surface area contributed by atoms with E-state index < -0.39 is 17.7 Å². The Bertz CT molecular complexity index is 937. The maximum atomic E-state index is 12.8. The summed E-state index contributed by atoms with van der Waals surface area (Å²) in [6, 6.07) is 7.23. The van der Waals surface area contributed by atoms with E-state index in [2.05, 4.69) is 0 Å². The van der Waals surface area contributed by atoms with Gasteiger partial charge in [-0.3, -0.25) is 9.59 Å². The molecular weight excluding hydrogens is 396 g/mol. The van der Waals surface area contributed by atoms with Crippen molar-refractivity contribution in [1.29, 1.82) is 0 Å². The summed E-state index contributed by atoms with van der Waals surface area (Å²) in [5.41, 5.74) is 0.301. The molecule has 1 amide bonds. The molecule has 1 aliphatic heterocycles. The Balaban J connectivity index is 2.05. The number of hydrogen-bond donors (Lipinski definition) is 1. The van der Waals surface area contributed by atoms with Gasteiger partial charge in [0.05, 0.1) is 24.0 Å². The van der Waals surface area contributed by atoms with Gasteiger partial charge in [0.25, 0.3) is 11.7 Å². The van der Waals surface area contributed by atoms with Crippen LogP contribution in [0, 0.1) is 0 Å². The first kappa shape index (κ1) is 21.0. The number of furan rings is 1. The number of benzene rings is 1. The molecule has 0 unspecified atom stereocenters. The lowest BCUT2D eigenvalue weighted by Crippen LogP contribution is -2.32. The molecular formula is C21H23ClN2O5. The third kappa shape index (κ3) is 4.16. The molecule has 0 radical (unpaired) electrons. The predicted molar refractivity (Wildman–Crippen MR) is 109 cm³/mol. The van der Waals surface area contributed by atoms with Gasteiger partial charge in [-0.25, -0.2) is 0 Å². The molecule has 29 heavy (non-hydrogen) atoms. The number of Topliss-reactive ketones (excluding diaryl/α,β-unsaturated/α-hetero) is 1. The van der Waals surface area contributed by atoms with E-state index >= 15 is 0 Å². The molecule has 154 valence electrons. The van der Waals surface area contributed by atoms with Gasteiger partial charge in [-0.05, 0) is 57.4 Å². The lowest BCUT2D eigenvalue weighted by Gasteiger charge is -2.24. The van der Waals surface area contributed by atoms with E-state index in [1.807, 2.05) is 19.0 Å². The molecule has 1 atom stereocenters. The number of halogens is 1. The summed E-state index contributed by atoms with van der Waals surface area (Å²) in [7, 11) is 5.36. The van der Waals surface area contributed by atoms with Crippen LogP contribution >= 0.6 is 11.6 Å². The Morgan fingerprint density at radius 3 is 2.66 bits per heavy atom. The third-order valence-electron chi connectivity index (χ3n) is 4.78. The van der Waals surface area contributed by atoms with Gasteiger partial charge in [-0.2, -0.15) is 0 Å². The summed E-state index contributed by atoms with van der Waals surface area (Å²) in [6.07, 6.45) is 2.14. The molecule has 3 rings (SSSR count). The van der Waals surface area contributed by atoms with Crippen LogP contribution in [-0.2, 0) is 9.59 Å². The zero-order chi connectivity index (χ0) is 21.1. The summed E-state index contributed by atoms with van der Waals surface area (Å²) in [6.45, 7) is 1.11. The Morgan fingerprint density at radius 2 is 2.07 bits per heavy atom. The quantitative estimate of drug-likeness (QED) is 0.422. The van der Waals surface area contributed by atoms with Crippen molar-refractivity contribution in [3.63, 3.8) is 0 Å². The van der Waals surface area contributed by atoms with Crippen LogP contribution in [0.2, 0.25) is 5.02 Å². The van der Waals surface area contributed by atoms with Gasteiger partial charge in [-0.1, -0.05) is 11.6 Å². The van der Waals surface area contributed by atoms with Crippen molar-refractivity contribution in [2.45, 2.75) is 12.5 Å². The number of amides is 1. The number of hydrogen-bond acceptors (Lipinski definition) is 6. The maximum Gasteiger partial charge on any atom is 0.295 e. The van der Waals surface area contributed by atoms with Gasteiger partial charge < -0.3 is 24.1 Å². The van der Waals surface area contributed by atoms with E-state index in [-0.39, 0.29) is 16.4 Å². The van der Waals surface area contributed by atoms with Crippen molar-refractivity contribution in [3.8, 4) is 5.75 Å². The molecule has 1 aliphatic rings. The first-order valence-corrected chi connectivity index (χ1v) is 9.53. The van der Waals surface area contributed by atoms with E-state index in [1.165, 1.54) is 24.3 Å². The Hall–Kier alpha value is -2.77. The smallest absolute Gasteiger partial charge is 0.295 e. The van der Waals surface area contributed by atoms with Crippen LogP contribution in [0.4, 0.5) is 0 Å². The molecule has 8 heteroatoms. The fourth-order valence-electron chi connectivity index (χ4n) is 3.38. The zero-order valence-corrected chi connectivity index (χ0v) is 17.3. The fraction of sp³-hybridized carbons (Fsp3) is 0.333. The summed E-state index contributed by atoms with van der Waals surface area (Å²) in [5.74, 6) is -0.860. The van der Waals surface area contributed by atoms with Crippen molar-refractivity contribution >= 4 is 29.1 Å². The summed E-state index contributed by atoms with van der Waals surface area (Å²) >= 11 is 6.16. The van der Waals surface area contributed by atoms with E-state index in [0.29, 0.717) is 30.0 Å². The van der Waals surface area contributed by atoms with Crippen molar-refractivity contribution in [2.75, 3.05) is 34.3 Å². The van der Waals surface area contributed by atoms with Crippen LogP contribution in [-0.4, -0.2) is 60.9 Å². The number of methoxy groups -OCH3 is 1. The molecule has 2 heterocycles. The molecule has 1 fully saturated rings. The number of aliphatic hydroxyl groups is 1. The second-order valence-electron chi connectivity index (χ2n) is 7.01. The Morgan fingerprint density at radius 1 is 1.31 bits per heavy atom. The number of carbonyl (C=O) groups is 2. The molecule has 0 aliphatic carbocycles. The standard InChI is InChI=1S/C21H23ClN2O5/c1-23(2)9-5-10-24-18(16-6-4-11-29-16)17(20(26)21(24)27)19(25)13-7-8-15(28-3)14(22)12-13/h4,6-8,11-12,18,25H,5,9-10H2,1-3H3/t18-/m0/s1. The fourth-order valence-corrected chi connectivity index (χ4v) is 3.64. The van der Waals surface area contributed by atoms with Crippen LogP contribution in [0.25, 0.3) is 5.76 Å². The highest BCUT2D eigenvalue weighted by molar-refractivity contribution is 6.46. The van der Waals surface area contributed by atoms with Gasteiger partial charge in [0.15, 0.2) is 0 Å². The van der Waals surface area contributed by atoms with Crippen LogP contribution in [0.15, 0.2) is 46.6 Å². The molecule has 2 aromatic rings. The van der Waals surface area contributed by atoms with E-state index in [1.54, 1.807) is 24.3 Å². The Kier molecular flexibility index (Phi) is 6.30. The summed E-state index contributed by atoms with van der Waals surface area (Å²) in [4.78, 5) is 29.0. The van der Waals surface area contributed by atoms with Crippen LogP contribution in [0.1, 0.15) is 23.8 Å². The van der Waals surface area contributed by atoms with Crippen LogP contribution in [0.5, 0.6) is 5.75 Å². The molecule has 1 N–H and O–H groups in total. The molecule has 1 aromatic heterocycles. The van der Waals surface area contributed by atoms with Crippen molar-refractivity contribution < 1.29 is 23.8 Å². The molecule has 0 spiro atoms. The second kappa shape index (κ2) is 8.71. The molecule has 0 bridgehead atoms. The molecule has 1 saturated heterocycles. The minimum atomic E-state index is -0.798. The normalized spacial score (nSPS) is 18.7. The average molecular weight is 419 g/mol. The lowest BCUT2D eigenvalue weighted by atomic mass is 9.99. The molecule has 0 saturated carbocycles. The lowest BCUT2D eigenvalue weighted by molar-refractivity contribution is -0.140. The minimum Gasteiger partial charge on any atom is -0.507 e. The van der Waals surface area contributed by atoms with E-state index in [0.717, 1.165) is 6.54 Å². The van der Waals surface area contributed by atoms with E-state index in [9.17, 15) is 14.7 Å². The first-order chi connectivity index (χ1) is 13.8. The van der Waals surface area contributed by atoms with Gasteiger partial charge in [-0.15, -0.1) is 0 Å². The maximum absolute atomic E-state index is 12.8. The van der Waals surface area contributed by atoms with Gasteiger partial charge in [0, 0.05) is 12.1 Å². The predicted octanol–water partition coefficient (Wildman–Crippen LogP) is 3.32. The first-order valence-electron chi connectivity index (χ1n) is 9.15. The SMILES string of the molecule is COc1ccc(C(O)=C2C(=O)C(=O)N(CCCN(C)C)[C@H]2c2ccco2)cc1Cl. The van der Waals surface area contributed by atoms with Crippen molar-refractivity contribution in [2.24, 2.45) is 0 Å². The van der Waals surface area contributed by atoms with Crippen molar-refractivity contribution in [1.82, 2.24) is 9.80 Å². The minimum absolute atomic E-state index is 0.0176. The van der Waals surface area contributed by atoms with Crippen molar-refractivity contribution in [3.05, 3.63) is 58.5 Å². The largest absolute Gasteiger partial charge is 0.507 e. The topological polar surface area (TPSA) is 83.2 Å². The number of ether oxygens (including phenoxy) is 1. The average Bonchev–Trinajstić information content (AvgIpc) is 3.29. The highest BCUT2D eigenvalue weighted by Gasteiger charge is 2.47. The number of likely N-dealkylation sites (tertiary alicyclic amines) is 1. The molecule has 7 nitrogen and oxygen atoms in total. The van der Waals surface area contributed by atoms with Crippen LogP contribution in [0.3, 0.4) is 0 Å².